The Kier molecular flexibility index (Phi) is 4.61. The number of aromatic nitrogens is 3. The van der Waals surface area contributed by atoms with E-state index in [-0.39, 0.29) is 0 Å². The molecule has 3 rings (SSSR count). The number of rotatable bonds is 6. The normalized spacial score (nSPS) is 12.1. The molecular weight excluding hydrogens is 324 g/mol. The fourth-order valence-electron chi connectivity index (χ4n) is 2.47. The highest BCUT2D eigenvalue weighted by molar-refractivity contribution is 7.18. The quantitative estimate of drug-likeness (QED) is 0.746. The predicted molar refractivity (Wildman–Crippen MR) is 94.5 cm³/mol. The summed E-state index contributed by atoms with van der Waals surface area (Å²) in [6, 6.07) is 8.90. The van der Waals surface area contributed by atoms with Crippen molar-refractivity contribution in [3.8, 4) is 10.7 Å². The number of hydrogen-bond acceptors (Lipinski definition) is 5. The molecule has 0 aliphatic carbocycles. The fourth-order valence-corrected chi connectivity index (χ4v) is 3.31. The molecule has 0 saturated heterocycles. The van der Waals surface area contributed by atoms with Crippen LogP contribution in [-0.2, 0) is 11.2 Å². The van der Waals surface area contributed by atoms with Crippen molar-refractivity contribution in [2.75, 3.05) is 19.0 Å². The second kappa shape index (κ2) is 6.84. The van der Waals surface area contributed by atoms with Crippen LogP contribution in [0, 0.1) is 0 Å². The van der Waals surface area contributed by atoms with E-state index in [0.717, 1.165) is 15.6 Å². The SMILES string of the molecule is CN(C)c1ncc(-c2nccn2C(Cc2ccccc2)C(=O)O)s1. The van der Waals surface area contributed by atoms with Crippen LogP contribution in [0.2, 0.25) is 0 Å². The van der Waals surface area contributed by atoms with Gasteiger partial charge in [0.1, 0.15) is 6.04 Å². The summed E-state index contributed by atoms with van der Waals surface area (Å²) in [5, 5.41) is 10.6. The van der Waals surface area contributed by atoms with Gasteiger partial charge in [-0.3, -0.25) is 0 Å². The lowest BCUT2D eigenvalue weighted by molar-refractivity contribution is -0.140. The maximum Gasteiger partial charge on any atom is 0.327 e. The first kappa shape index (κ1) is 16.2. The minimum Gasteiger partial charge on any atom is -0.480 e. The molecule has 0 aliphatic heterocycles. The molecule has 1 atom stereocenters. The van der Waals surface area contributed by atoms with Gasteiger partial charge < -0.3 is 14.6 Å². The Balaban J connectivity index is 1.95. The minimum atomic E-state index is -0.879. The van der Waals surface area contributed by atoms with Gasteiger partial charge in [0, 0.05) is 32.9 Å². The third kappa shape index (κ3) is 3.30. The Bertz CT molecular complexity index is 826. The molecule has 0 bridgehead atoms. The average molecular weight is 342 g/mol. The fraction of sp³-hybridized carbons (Fsp3) is 0.235. The van der Waals surface area contributed by atoms with E-state index in [1.54, 1.807) is 23.2 Å². The second-order valence-corrected chi connectivity index (χ2v) is 6.61. The topological polar surface area (TPSA) is 71.2 Å². The Labute approximate surface area is 144 Å². The van der Waals surface area contributed by atoms with Crippen molar-refractivity contribution in [2.24, 2.45) is 0 Å². The third-order valence-electron chi connectivity index (χ3n) is 3.66. The number of carboxylic acid groups (broad SMARTS) is 1. The van der Waals surface area contributed by atoms with Gasteiger partial charge in [-0.25, -0.2) is 14.8 Å². The molecular formula is C17H18N4O2S. The van der Waals surface area contributed by atoms with Gasteiger partial charge in [0.15, 0.2) is 11.0 Å². The van der Waals surface area contributed by atoms with E-state index in [2.05, 4.69) is 9.97 Å². The minimum absolute atomic E-state index is 0.402. The van der Waals surface area contributed by atoms with Gasteiger partial charge in [0.05, 0.1) is 11.1 Å². The number of aliphatic carboxylic acids is 1. The van der Waals surface area contributed by atoms with Crippen molar-refractivity contribution in [1.29, 1.82) is 0 Å². The van der Waals surface area contributed by atoms with Gasteiger partial charge in [-0.1, -0.05) is 41.7 Å². The van der Waals surface area contributed by atoms with E-state index >= 15 is 0 Å². The van der Waals surface area contributed by atoms with Crippen LogP contribution in [0.3, 0.4) is 0 Å². The summed E-state index contributed by atoms with van der Waals surface area (Å²) < 4.78 is 1.71. The summed E-state index contributed by atoms with van der Waals surface area (Å²) in [5.41, 5.74) is 0.975. The Morgan fingerprint density at radius 1 is 1.29 bits per heavy atom. The lowest BCUT2D eigenvalue weighted by Gasteiger charge is -2.16. The van der Waals surface area contributed by atoms with Gasteiger partial charge in [-0.2, -0.15) is 0 Å². The first-order valence-corrected chi connectivity index (χ1v) is 8.31. The Hall–Kier alpha value is -2.67. The zero-order valence-corrected chi connectivity index (χ0v) is 14.3. The molecule has 2 heterocycles. The maximum atomic E-state index is 11.8. The predicted octanol–water partition coefficient (Wildman–Crippen LogP) is 2.94. The molecule has 2 aromatic heterocycles. The standard InChI is InChI=1S/C17H18N4O2S/c1-20(2)17-19-11-14(24-17)15-18-8-9-21(15)13(16(22)23)10-12-6-4-3-5-7-12/h3-9,11,13H,10H2,1-2H3,(H,22,23). The summed E-state index contributed by atoms with van der Waals surface area (Å²) in [6.45, 7) is 0. The largest absolute Gasteiger partial charge is 0.480 e. The highest BCUT2D eigenvalue weighted by Gasteiger charge is 2.24. The molecule has 0 radical (unpaired) electrons. The average Bonchev–Trinajstić information content (AvgIpc) is 3.22. The van der Waals surface area contributed by atoms with E-state index in [9.17, 15) is 9.90 Å². The molecule has 1 unspecified atom stereocenters. The number of carbonyl (C=O) groups is 1. The molecule has 0 saturated carbocycles. The zero-order valence-electron chi connectivity index (χ0n) is 13.5. The van der Waals surface area contributed by atoms with E-state index in [4.69, 9.17) is 0 Å². The van der Waals surface area contributed by atoms with Crippen LogP contribution < -0.4 is 4.90 Å². The summed E-state index contributed by atoms with van der Waals surface area (Å²) in [6.07, 6.45) is 5.48. The van der Waals surface area contributed by atoms with Gasteiger partial charge >= 0.3 is 5.97 Å². The molecule has 3 aromatic rings. The third-order valence-corrected chi connectivity index (χ3v) is 4.82. The summed E-state index contributed by atoms with van der Waals surface area (Å²) >= 11 is 1.49. The summed E-state index contributed by atoms with van der Waals surface area (Å²) in [7, 11) is 3.84. The molecule has 6 nitrogen and oxygen atoms in total. The van der Waals surface area contributed by atoms with Crippen molar-refractivity contribution in [1.82, 2.24) is 14.5 Å². The van der Waals surface area contributed by atoms with Crippen molar-refractivity contribution < 1.29 is 9.90 Å². The molecule has 0 amide bonds. The number of hydrogen-bond donors (Lipinski definition) is 1. The molecule has 124 valence electrons. The summed E-state index contributed by atoms with van der Waals surface area (Å²) in [5.74, 6) is -0.251. The number of nitrogens with zero attached hydrogens (tertiary/aromatic N) is 4. The number of carboxylic acids is 1. The van der Waals surface area contributed by atoms with E-state index in [0.29, 0.717) is 12.2 Å². The lowest BCUT2D eigenvalue weighted by Crippen LogP contribution is -2.21. The second-order valence-electron chi connectivity index (χ2n) is 5.60. The van der Waals surface area contributed by atoms with Crippen LogP contribution in [-0.4, -0.2) is 39.7 Å². The summed E-state index contributed by atoms with van der Waals surface area (Å²) in [4.78, 5) is 23.3. The number of anilines is 1. The number of benzene rings is 1. The monoisotopic (exact) mass is 342 g/mol. The molecule has 1 N–H and O–H groups in total. The maximum absolute atomic E-state index is 11.8. The molecule has 7 heteroatoms. The van der Waals surface area contributed by atoms with Crippen molar-refractivity contribution in [2.45, 2.75) is 12.5 Å². The van der Waals surface area contributed by atoms with Crippen LogP contribution in [0.25, 0.3) is 10.7 Å². The number of imidazole rings is 1. The Morgan fingerprint density at radius 2 is 2.04 bits per heavy atom. The van der Waals surface area contributed by atoms with Crippen molar-refractivity contribution in [3.63, 3.8) is 0 Å². The highest BCUT2D eigenvalue weighted by Crippen LogP contribution is 2.31. The molecule has 0 spiro atoms. The smallest absolute Gasteiger partial charge is 0.327 e. The molecule has 24 heavy (non-hydrogen) atoms. The highest BCUT2D eigenvalue weighted by atomic mass is 32.1. The van der Waals surface area contributed by atoms with E-state index in [1.165, 1.54) is 11.3 Å². The lowest BCUT2D eigenvalue weighted by atomic mass is 10.1. The zero-order chi connectivity index (χ0) is 17.1. The van der Waals surface area contributed by atoms with E-state index < -0.39 is 12.0 Å². The van der Waals surface area contributed by atoms with Crippen molar-refractivity contribution >= 4 is 22.4 Å². The first-order chi connectivity index (χ1) is 11.6. The molecule has 1 aromatic carbocycles. The first-order valence-electron chi connectivity index (χ1n) is 7.49. The van der Waals surface area contributed by atoms with Crippen LogP contribution in [0.5, 0.6) is 0 Å². The van der Waals surface area contributed by atoms with Gasteiger partial charge in [0.2, 0.25) is 0 Å². The van der Waals surface area contributed by atoms with E-state index in [1.807, 2.05) is 49.3 Å². The van der Waals surface area contributed by atoms with Gasteiger partial charge in [-0.15, -0.1) is 0 Å². The van der Waals surface area contributed by atoms with Crippen LogP contribution in [0.1, 0.15) is 11.6 Å². The van der Waals surface area contributed by atoms with Crippen LogP contribution in [0.15, 0.2) is 48.9 Å². The van der Waals surface area contributed by atoms with Crippen LogP contribution in [0.4, 0.5) is 5.13 Å². The van der Waals surface area contributed by atoms with Crippen LogP contribution >= 0.6 is 11.3 Å². The van der Waals surface area contributed by atoms with Gasteiger partial charge in [-0.05, 0) is 5.56 Å². The van der Waals surface area contributed by atoms with Crippen molar-refractivity contribution in [3.05, 3.63) is 54.5 Å². The Morgan fingerprint density at radius 3 is 2.67 bits per heavy atom. The van der Waals surface area contributed by atoms with Gasteiger partial charge in [0.25, 0.3) is 0 Å². The number of thiazole rings is 1. The molecule has 0 fully saturated rings. The molecule has 0 aliphatic rings.